The molecule has 0 spiro atoms. The third-order valence-electron chi connectivity index (χ3n) is 3.03. The Balaban J connectivity index is 4.43. The number of amides is 1. The maximum Gasteiger partial charge on any atom is 0.225 e. The van der Waals surface area contributed by atoms with Gasteiger partial charge in [0.1, 0.15) is 5.84 Å². The summed E-state index contributed by atoms with van der Waals surface area (Å²) in [6.07, 6.45) is 0.379. The van der Waals surface area contributed by atoms with Crippen molar-refractivity contribution in [2.75, 3.05) is 7.05 Å². The van der Waals surface area contributed by atoms with Crippen molar-refractivity contribution in [3.05, 3.63) is 0 Å². The molecule has 2 atom stereocenters. The van der Waals surface area contributed by atoms with E-state index in [1.54, 1.807) is 11.9 Å². The third-order valence-corrected chi connectivity index (χ3v) is 3.03. The Kier molecular flexibility index (Phi) is 5.85. The Morgan fingerprint density at radius 3 is 2.25 bits per heavy atom. The second-order valence-electron chi connectivity index (χ2n) is 4.63. The second kappa shape index (κ2) is 6.35. The van der Waals surface area contributed by atoms with Gasteiger partial charge in [0.2, 0.25) is 5.91 Å². The summed E-state index contributed by atoms with van der Waals surface area (Å²) in [7, 11) is 1.75. The van der Waals surface area contributed by atoms with Crippen LogP contribution in [-0.2, 0) is 4.79 Å². The first-order chi connectivity index (χ1) is 7.31. The van der Waals surface area contributed by atoms with Gasteiger partial charge in [0.15, 0.2) is 0 Å². The molecule has 0 radical (unpaired) electrons. The van der Waals surface area contributed by atoms with Crippen molar-refractivity contribution in [2.45, 2.75) is 40.2 Å². The number of nitrogens with zero attached hydrogens (tertiary/aromatic N) is 2. The molecule has 0 aliphatic rings. The summed E-state index contributed by atoms with van der Waals surface area (Å²) in [5.41, 5.74) is 5.41. The van der Waals surface area contributed by atoms with E-state index in [4.69, 9.17) is 10.9 Å². The third kappa shape index (κ3) is 4.08. The maximum absolute atomic E-state index is 12.0. The molecule has 16 heavy (non-hydrogen) atoms. The summed E-state index contributed by atoms with van der Waals surface area (Å²) >= 11 is 0. The van der Waals surface area contributed by atoms with Crippen molar-refractivity contribution in [1.29, 1.82) is 0 Å². The molecule has 0 aromatic carbocycles. The second-order valence-corrected chi connectivity index (χ2v) is 4.63. The van der Waals surface area contributed by atoms with Gasteiger partial charge in [0.05, 0.1) is 0 Å². The van der Waals surface area contributed by atoms with Crippen LogP contribution < -0.4 is 5.73 Å². The Morgan fingerprint density at radius 1 is 1.38 bits per heavy atom. The van der Waals surface area contributed by atoms with Crippen LogP contribution in [0.4, 0.5) is 0 Å². The van der Waals surface area contributed by atoms with Gasteiger partial charge in [-0.2, -0.15) is 0 Å². The van der Waals surface area contributed by atoms with E-state index in [1.165, 1.54) is 0 Å². The zero-order valence-corrected chi connectivity index (χ0v) is 10.8. The fourth-order valence-electron chi connectivity index (χ4n) is 1.30. The van der Waals surface area contributed by atoms with Crippen molar-refractivity contribution in [3.8, 4) is 0 Å². The molecule has 94 valence electrons. The maximum atomic E-state index is 12.0. The Labute approximate surface area is 97.3 Å². The molecule has 5 nitrogen and oxygen atoms in total. The van der Waals surface area contributed by atoms with E-state index in [1.807, 2.05) is 27.7 Å². The van der Waals surface area contributed by atoms with Crippen molar-refractivity contribution >= 4 is 11.7 Å². The molecule has 0 saturated heterocycles. The highest BCUT2D eigenvalue weighted by Crippen LogP contribution is 2.15. The molecule has 2 unspecified atom stereocenters. The monoisotopic (exact) mass is 229 g/mol. The van der Waals surface area contributed by atoms with E-state index in [9.17, 15) is 4.79 Å². The van der Waals surface area contributed by atoms with Gasteiger partial charge in [0.25, 0.3) is 0 Å². The minimum atomic E-state index is -0.0652. The fraction of sp³-hybridized carbons (Fsp3) is 0.818. The summed E-state index contributed by atoms with van der Waals surface area (Å²) < 4.78 is 0. The van der Waals surface area contributed by atoms with Crippen LogP contribution in [0.15, 0.2) is 5.16 Å². The molecule has 0 aromatic rings. The van der Waals surface area contributed by atoms with Crippen molar-refractivity contribution in [1.82, 2.24) is 4.90 Å². The number of amidine groups is 1. The predicted molar refractivity (Wildman–Crippen MR) is 64.3 cm³/mol. The highest BCUT2D eigenvalue weighted by molar-refractivity contribution is 5.82. The molecular weight excluding hydrogens is 206 g/mol. The van der Waals surface area contributed by atoms with Crippen LogP contribution in [0, 0.1) is 11.8 Å². The molecule has 0 aromatic heterocycles. The minimum Gasteiger partial charge on any atom is -0.409 e. The molecule has 0 bridgehead atoms. The van der Waals surface area contributed by atoms with Gasteiger partial charge >= 0.3 is 0 Å². The zero-order valence-electron chi connectivity index (χ0n) is 10.8. The lowest BCUT2D eigenvalue weighted by Crippen LogP contribution is -2.41. The molecule has 3 N–H and O–H groups in total. The number of hydrogen-bond donors (Lipinski definition) is 2. The number of nitrogens with two attached hydrogens (primary N) is 1. The highest BCUT2D eigenvalue weighted by atomic mass is 16.4. The first-order valence-corrected chi connectivity index (χ1v) is 5.54. The molecule has 1 amide bonds. The smallest absolute Gasteiger partial charge is 0.225 e. The molecule has 0 heterocycles. The molecule has 0 saturated carbocycles. The molecule has 0 rings (SSSR count). The summed E-state index contributed by atoms with van der Waals surface area (Å²) in [5, 5.41) is 11.4. The van der Waals surface area contributed by atoms with Crippen LogP contribution in [0.2, 0.25) is 0 Å². The van der Waals surface area contributed by atoms with Gasteiger partial charge in [-0.25, -0.2) is 0 Å². The quantitative estimate of drug-likeness (QED) is 0.322. The molecule has 0 fully saturated rings. The molecular formula is C11H23N3O2. The standard InChI is InChI=1S/C11H23N3O2/c1-7(2)9(4)11(15)14(5)8(3)6-10(12)13-16/h7-9,16H,6H2,1-5H3,(H2,12,13). The van der Waals surface area contributed by atoms with Crippen molar-refractivity contribution < 1.29 is 10.0 Å². The number of hydrogen-bond acceptors (Lipinski definition) is 3. The summed E-state index contributed by atoms with van der Waals surface area (Å²) in [6.45, 7) is 7.83. The Hall–Kier alpha value is -1.26. The average molecular weight is 229 g/mol. The van der Waals surface area contributed by atoms with Gasteiger partial charge in [-0.3, -0.25) is 4.79 Å². The SMILES string of the molecule is CC(C)C(C)C(=O)N(C)C(C)CC(N)=NO. The van der Waals surface area contributed by atoms with Gasteiger partial charge in [-0.05, 0) is 12.8 Å². The number of carbonyl (C=O) groups excluding carboxylic acids is 1. The minimum absolute atomic E-state index is 0.0141. The van der Waals surface area contributed by atoms with Gasteiger partial charge in [0, 0.05) is 25.4 Å². The van der Waals surface area contributed by atoms with E-state index >= 15 is 0 Å². The molecule has 0 aliphatic carbocycles. The number of rotatable bonds is 5. The Bertz CT molecular complexity index is 264. The van der Waals surface area contributed by atoms with Crippen LogP contribution in [0.1, 0.15) is 34.1 Å². The summed E-state index contributed by atoms with van der Waals surface area (Å²) in [5.74, 6) is 0.531. The van der Waals surface area contributed by atoms with Crippen LogP contribution >= 0.6 is 0 Å². The average Bonchev–Trinajstić information content (AvgIpc) is 2.25. The van der Waals surface area contributed by atoms with Gasteiger partial charge in [-0.15, -0.1) is 0 Å². The van der Waals surface area contributed by atoms with E-state index in [-0.39, 0.29) is 23.7 Å². The lowest BCUT2D eigenvalue weighted by molar-refractivity contribution is -0.136. The lowest BCUT2D eigenvalue weighted by atomic mass is 9.96. The first kappa shape index (κ1) is 14.7. The fourth-order valence-corrected chi connectivity index (χ4v) is 1.30. The van der Waals surface area contributed by atoms with E-state index in [0.717, 1.165) is 0 Å². The number of oxime groups is 1. The highest BCUT2D eigenvalue weighted by Gasteiger charge is 2.24. The van der Waals surface area contributed by atoms with Crippen LogP contribution in [0.25, 0.3) is 0 Å². The zero-order chi connectivity index (χ0) is 12.9. The predicted octanol–water partition coefficient (Wildman–Crippen LogP) is 1.26. The van der Waals surface area contributed by atoms with E-state index < -0.39 is 0 Å². The lowest BCUT2D eigenvalue weighted by Gasteiger charge is -2.28. The topological polar surface area (TPSA) is 78.9 Å². The van der Waals surface area contributed by atoms with Crippen LogP contribution in [-0.4, -0.2) is 34.9 Å². The Morgan fingerprint density at radius 2 is 1.88 bits per heavy atom. The first-order valence-electron chi connectivity index (χ1n) is 5.54. The van der Waals surface area contributed by atoms with Crippen molar-refractivity contribution in [2.24, 2.45) is 22.7 Å². The van der Waals surface area contributed by atoms with Crippen LogP contribution in [0.3, 0.4) is 0 Å². The van der Waals surface area contributed by atoms with Gasteiger partial charge < -0.3 is 15.8 Å². The van der Waals surface area contributed by atoms with Crippen molar-refractivity contribution in [3.63, 3.8) is 0 Å². The number of carbonyl (C=O) groups is 1. The normalized spacial score (nSPS) is 16.0. The molecule has 5 heteroatoms. The summed E-state index contributed by atoms with van der Waals surface area (Å²) in [4.78, 5) is 13.6. The van der Waals surface area contributed by atoms with E-state index in [2.05, 4.69) is 5.16 Å². The summed E-state index contributed by atoms with van der Waals surface area (Å²) in [6, 6.07) is -0.0652. The van der Waals surface area contributed by atoms with Crippen LogP contribution in [0.5, 0.6) is 0 Å². The largest absolute Gasteiger partial charge is 0.409 e. The molecule has 0 aliphatic heterocycles. The van der Waals surface area contributed by atoms with E-state index in [0.29, 0.717) is 12.3 Å². The van der Waals surface area contributed by atoms with Gasteiger partial charge in [-0.1, -0.05) is 25.9 Å².